The van der Waals surface area contributed by atoms with E-state index in [1.807, 2.05) is 6.07 Å². The molecule has 0 aliphatic rings. The van der Waals surface area contributed by atoms with Gasteiger partial charge in [0.1, 0.15) is 5.82 Å². The highest BCUT2D eigenvalue weighted by Gasteiger charge is 2.06. The van der Waals surface area contributed by atoms with Crippen LogP contribution in [-0.4, -0.2) is 25.5 Å². The standard InChI is InChI=1S/C12H18FNOS/c1-15-8-4-5-10(14)9-16-12-7-3-2-6-11(12)13/h2-3,6-7,10H,4-5,8-9,14H2,1H3. The van der Waals surface area contributed by atoms with Crippen molar-refractivity contribution in [3.8, 4) is 0 Å². The number of rotatable bonds is 7. The average Bonchev–Trinajstić information content (AvgIpc) is 2.28. The zero-order chi connectivity index (χ0) is 11.8. The molecule has 16 heavy (non-hydrogen) atoms. The number of nitrogens with two attached hydrogens (primary N) is 1. The van der Waals surface area contributed by atoms with Crippen LogP contribution in [0, 0.1) is 5.82 Å². The Labute approximate surface area is 100 Å². The van der Waals surface area contributed by atoms with Crippen LogP contribution in [0.15, 0.2) is 29.2 Å². The van der Waals surface area contributed by atoms with Gasteiger partial charge in [-0.05, 0) is 25.0 Å². The molecule has 2 nitrogen and oxygen atoms in total. The second-order valence-electron chi connectivity index (χ2n) is 3.64. The van der Waals surface area contributed by atoms with Crippen LogP contribution in [-0.2, 0) is 4.74 Å². The largest absolute Gasteiger partial charge is 0.385 e. The van der Waals surface area contributed by atoms with Crippen molar-refractivity contribution in [3.05, 3.63) is 30.1 Å². The summed E-state index contributed by atoms with van der Waals surface area (Å²) in [5, 5.41) is 0. The summed E-state index contributed by atoms with van der Waals surface area (Å²) in [5.41, 5.74) is 5.91. The zero-order valence-electron chi connectivity index (χ0n) is 9.49. The van der Waals surface area contributed by atoms with Gasteiger partial charge < -0.3 is 10.5 Å². The van der Waals surface area contributed by atoms with Gasteiger partial charge >= 0.3 is 0 Å². The average molecular weight is 243 g/mol. The van der Waals surface area contributed by atoms with Crippen molar-refractivity contribution in [2.75, 3.05) is 19.5 Å². The topological polar surface area (TPSA) is 35.2 Å². The molecular weight excluding hydrogens is 225 g/mol. The molecule has 0 aromatic heterocycles. The molecule has 0 saturated heterocycles. The minimum atomic E-state index is -0.170. The Morgan fingerprint density at radius 3 is 2.88 bits per heavy atom. The molecule has 0 heterocycles. The van der Waals surface area contributed by atoms with E-state index in [1.165, 1.54) is 17.8 Å². The highest BCUT2D eigenvalue weighted by molar-refractivity contribution is 7.99. The first-order chi connectivity index (χ1) is 7.74. The van der Waals surface area contributed by atoms with E-state index >= 15 is 0 Å². The summed E-state index contributed by atoms with van der Waals surface area (Å²) < 4.78 is 18.2. The molecule has 0 bridgehead atoms. The molecule has 0 aliphatic heterocycles. The van der Waals surface area contributed by atoms with Crippen molar-refractivity contribution in [2.45, 2.75) is 23.8 Å². The summed E-state index contributed by atoms with van der Waals surface area (Å²) in [7, 11) is 1.68. The van der Waals surface area contributed by atoms with Crippen LogP contribution >= 0.6 is 11.8 Å². The van der Waals surface area contributed by atoms with E-state index in [-0.39, 0.29) is 11.9 Å². The van der Waals surface area contributed by atoms with Gasteiger partial charge in [0.15, 0.2) is 0 Å². The predicted molar refractivity (Wildman–Crippen MR) is 66.2 cm³/mol. The van der Waals surface area contributed by atoms with E-state index in [0.717, 1.165) is 25.2 Å². The molecule has 0 fully saturated rings. The van der Waals surface area contributed by atoms with Gasteiger partial charge in [-0.25, -0.2) is 4.39 Å². The highest BCUT2D eigenvalue weighted by Crippen LogP contribution is 2.22. The van der Waals surface area contributed by atoms with Gasteiger partial charge in [0, 0.05) is 30.4 Å². The molecule has 0 radical (unpaired) electrons. The fourth-order valence-corrected chi connectivity index (χ4v) is 2.27. The highest BCUT2D eigenvalue weighted by atomic mass is 32.2. The Hall–Kier alpha value is -0.580. The number of thioether (sulfide) groups is 1. The van der Waals surface area contributed by atoms with Crippen molar-refractivity contribution in [3.63, 3.8) is 0 Å². The third-order valence-electron chi connectivity index (χ3n) is 2.21. The second kappa shape index (κ2) is 7.65. The van der Waals surface area contributed by atoms with Gasteiger partial charge in [-0.15, -0.1) is 11.8 Å². The van der Waals surface area contributed by atoms with E-state index in [4.69, 9.17) is 10.5 Å². The number of hydrogen-bond acceptors (Lipinski definition) is 3. The summed E-state index contributed by atoms with van der Waals surface area (Å²) in [6.07, 6.45) is 1.87. The summed E-state index contributed by atoms with van der Waals surface area (Å²) in [4.78, 5) is 0.671. The first-order valence-electron chi connectivity index (χ1n) is 5.36. The van der Waals surface area contributed by atoms with Gasteiger partial charge in [-0.2, -0.15) is 0 Å². The molecule has 1 aromatic rings. The third kappa shape index (κ3) is 4.96. The molecular formula is C12H18FNOS. The van der Waals surface area contributed by atoms with Crippen LogP contribution in [0.1, 0.15) is 12.8 Å². The number of methoxy groups -OCH3 is 1. The van der Waals surface area contributed by atoms with Crippen LogP contribution in [0.3, 0.4) is 0 Å². The Morgan fingerprint density at radius 2 is 2.19 bits per heavy atom. The van der Waals surface area contributed by atoms with Crippen LogP contribution in [0.4, 0.5) is 4.39 Å². The van der Waals surface area contributed by atoms with E-state index in [9.17, 15) is 4.39 Å². The lowest BCUT2D eigenvalue weighted by Gasteiger charge is -2.10. The number of benzene rings is 1. The minimum absolute atomic E-state index is 0.0970. The lowest BCUT2D eigenvalue weighted by molar-refractivity contribution is 0.191. The van der Waals surface area contributed by atoms with Crippen molar-refractivity contribution < 1.29 is 9.13 Å². The molecule has 0 aliphatic carbocycles. The lowest BCUT2D eigenvalue weighted by atomic mass is 10.2. The molecule has 1 rings (SSSR count). The maximum absolute atomic E-state index is 13.3. The molecule has 1 unspecified atom stereocenters. The first kappa shape index (κ1) is 13.5. The smallest absolute Gasteiger partial charge is 0.136 e. The van der Waals surface area contributed by atoms with E-state index < -0.39 is 0 Å². The first-order valence-corrected chi connectivity index (χ1v) is 6.34. The Balaban J connectivity index is 2.26. The van der Waals surface area contributed by atoms with Crippen LogP contribution in [0.2, 0.25) is 0 Å². The van der Waals surface area contributed by atoms with Gasteiger partial charge in [0.25, 0.3) is 0 Å². The summed E-state index contributed by atoms with van der Waals surface area (Å²) in [6, 6.07) is 6.88. The van der Waals surface area contributed by atoms with Gasteiger partial charge in [0.05, 0.1) is 0 Å². The van der Waals surface area contributed by atoms with Crippen molar-refractivity contribution in [2.24, 2.45) is 5.73 Å². The van der Waals surface area contributed by atoms with Crippen molar-refractivity contribution in [1.29, 1.82) is 0 Å². The fourth-order valence-electron chi connectivity index (χ4n) is 1.33. The van der Waals surface area contributed by atoms with Gasteiger partial charge in [-0.1, -0.05) is 12.1 Å². The van der Waals surface area contributed by atoms with Crippen LogP contribution in [0.5, 0.6) is 0 Å². The maximum Gasteiger partial charge on any atom is 0.136 e. The Bertz CT molecular complexity index is 309. The zero-order valence-corrected chi connectivity index (χ0v) is 10.3. The van der Waals surface area contributed by atoms with Crippen molar-refractivity contribution in [1.82, 2.24) is 0 Å². The summed E-state index contributed by atoms with van der Waals surface area (Å²) >= 11 is 1.47. The molecule has 0 saturated carbocycles. The quantitative estimate of drug-likeness (QED) is 0.590. The molecule has 0 spiro atoms. The predicted octanol–water partition coefficient (Wildman–Crippen LogP) is 2.67. The van der Waals surface area contributed by atoms with Gasteiger partial charge in [-0.3, -0.25) is 0 Å². The third-order valence-corrected chi connectivity index (χ3v) is 3.45. The lowest BCUT2D eigenvalue weighted by Crippen LogP contribution is -2.23. The van der Waals surface area contributed by atoms with Gasteiger partial charge in [0.2, 0.25) is 0 Å². The van der Waals surface area contributed by atoms with Crippen LogP contribution < -0.4 is 5.73 Å². The number of hydrogen-bond donors (Lipinski definition) is 1. The molecule has 1 aromatic carbocycles. The van der Waals surface area contributed by atoms with Crippen LogP contribution in [0.25, 0.3) is 0 Å². The normalized spacial score (nSPS) is 12.7. The Kier molecular flexibility index (Phi) is 6.45. The summed E-state index contributed by atoms with van der Waals surface area (Å²) in [5.74, 6) is 0.571. The van der Waals surface area contributed by atoms with Crippen molar-refractivity contribution >= 4 is 11.8 Å². The molecule has 0 amide bonds. The summed E-state index contributed by atoms with van der Waals surface area (Å²) in [6.45, 7) is 0.734. The number of halogens is 1. The van der Waals surface area contributed by atoms with E-state index in [0.29, 0.717) is 4.90 Å². The second-order valence-corrected chi connectivity index (χ2v) is 4.70. The van der Waals surface area contributed by atoms with E-state index in [1.54, 1.807) is 19.2 Å². The molecule has 1 atom stereocenters. The SMILES string of the molecule is COCCCC(N)CSc1ccccc1F. The van der Waals surface area contributed by atoms with E-state index in [2.05, 4.69) is 0 Å². The maximum atomic E-state index is 13.3. The number of ether oxygens (including phenoxy) is 1. The minimum Gasteiger partial charge on any atom is -0.385 e. The Morgan fingerprint density at radius 1 is 1.44 bits per heavy atom. The fraction of sp³-hybridized carbons (Fsp3) is 0.500. The molecule has 4 heteroatoms. The molecule has 2 N–H and O–H groups in total. The monoisotopic (exact) mass is 243 g/mol. The molecule has 90 valence electrons.